The van der Waals surface area contributed by atoms with Crippen molar-refractivity contribution < 1.29 is 9.32 Å². The van der Waals surface area contributed by atoms with Crippen LogP contribution in [0.25, 0.3) is 11.5 Å². The van der Waals surface area contributed by atoms with E-state index in [-0.39, 0.29) is 5.91 Å². The zero-order valence-corrected chi connectivity index (χ0v) is 14.6. The van der Waals surface area contributed by atoms with Crippen molar-refractivity contribution in [3.8, 4) is 11.5 Å². The number of nitrogens with zero attached hydrogens (tertiary/aromatic N) is 3. The molecule has 1 fully saturated rings. The van der Waals surface area contributed by atoms with Crippen molar-refractivity contribution >= 4 is 17.3 Å². The van der Waals surface area contributed by atoms with Crippen LogP contribution in [0, 0.1) is 6.92 Å². The Morgan fingerprint density at radius 3 is 2.50 bits per heavy atom. The highest BCUT2D eigenvalue weighted by atomic mass is 16.5. The third kappa shape index (κ3) is 3.31. The molecule has 1 amide bonds. The third-order valence-corrected chi connectivity index (χ3v) is 4.52. The van der Waals surface area contributed by atoms with Crippen LogP contribution < -0.4 is 10.2 Å². The van der Waals surface area contributed by atoms with Gasteiger partial charge >= 0.3 is 0 Å². The largest absolute Gasteiger partial charge is 0.370 e. The molecule has 1 aromatic heterocycles. The molecule has 0 atom stereocenters. The van der Waals surface area contributed by atoms with Gasteiger partial charge in [0.05, 0.1) is 11.4 Å². The van der Waals surface area contributed by atoms with E-state index in [0.717, 1.165) is 30.0 Å². The van der Waals surface area contributed by atoms with E-state index in [9.17, 15) is 4.79 Å². The number of aryl methyl sites for hydroxylation is 1. The lowest BCUT2D eigenvalue weighted by Gasteiger charge is -2.21. The summed E-state index contributed by atoms with van der Waals surface area (Å²) in [6.07, 6.45) is 2.39. The number of nitrogens with one attached hydrogen (secondary N) is 1. The second kappa shape index (κ2) is 7.00. The molecule has 0 spiro atoms. The van der Waals surface area contributed by atoms with E-state index in [1.165, 1.54) is 12.8 Å². The molecule has 4 rings (SSSR count). The molecule has 1 saturated heterocycles. The zero-order chi connectivity index (χ0) is 17.9. The lowest BCUT2D eigenvalue weighted by atomic mass is 10.1. The number of carbonyl (C=O) groups excluding carboxylic acids is 1. The number of rotatable bonds is 4. The van der Waals surface area contributed by atoms with Crippen LogP contribution >= 0.6 is 0 Å². The molecular formula is C20H20N4O2. The lowest BCUT2D eigenvalue weighted by Crippen LogP contribution is -2.21. The summed E-state index contributed by atoms with van der Waals surface area (Å²) < 4.78 is 5.15. The summed E-state index contributed by atoms with van der Waals surface area (Å²) >= 11 is 0. The van der Waals surface area contributed by atoms with Crippen molar-refractivity contribution in [3.05, 3.63) is 59.9 Å². The van der Waals surface area contributed by atoms with Gasteiger partial charge in [0.1, 0.15) is 0 Å². The van der Waals surface area contributed by atoms with Crippen LogP contribution in [-0.4, -0.2) is 29.1 Å². The average molecular weight is 348 g/mol. The summed E-state index contributed by atoms with van der Waals surface area (Å²) in [5, 5.41) is 6.82. The zero-order valence-electron chi connectivity index (χ0n) is 14.6. The Morgan fingerprint density at radius 2 is 1.81 bits per heavy atom. The number of carbonyl (C=O) groups is 1. The van der Waals surface area contributed by atoms with Crippen molar-refractivity contribution in [2.24, 2.45) is 0 Å². The number of hydrogen-bond acceptors (Lipinski definition) is 5. The predicted octanol–water partition coefficient (Wildman–Crippen LogP) is 3.90. The molecule has 2 heterocycles. The Bertz CT molecular complexity index is 912. The first-order valence-electron chi connectivity index (χ1n) is 8.77. The van der Waals surface area contributed by atoms with Gasteiger partial charge in [0.25, 0.3) is 11.8 Å². The van der Waals surface area contributed by atoms with Gasteiger partial charge in [-0.3, -0.25) is 4.79 Å². The first kappa shape index (κ1) is 16.3. The molecule has 0 saturated carbocycles. The van der Waals surface area contributed by atoms with Crippen LogP contribution in [0.3, 0.4) is 0 Å². The molecule has 1 N–H and O–H groups in total. The van der Waals surface area contributed by atoms with Crippen molar-refractivity contribution in [2.45, 2.75) is 19.8 Å². The van der Waals surface area contributed by atoms with Crippen molar-refractivity contribution in [1.29, 1.82) is 0 Å². The molecule has 1 aliphatic rings. The maximum absolute atomic E-state index is 12.7. The molecule has 0 unspecified atom stereocenters. The van der Waals surface area contributed by atoms with E-state index in [4.69, 9.17) is 4.52 Å². The quantitative estimate of drug-likeness (QED) is 0.774. The molecule has 132 valence electrons. The summed E-state index contributed by atoms with van der Waals surface area (Å²) in [5.74, 6) is 0.902. The lowest BCUT2D eigenvalue weighted by molar-refractivity contribution is 0.102. The molecule has 0 bridgehead atoms. The average Bonchev–Trinajstić information content (AvgIpc) is 3.34. The van der Waals surface area contributed by atoms with Gasteiger partial charge in [-0.05, 0) is 56.2 Å². The van der Waals surface area contributed by atoms with Gasteiger partial charge in [-0.1, -0.05) is 17.3 Å². The SMILES string of the molecule is Cc1noc(-c2ccc(C(=O)Nc3ccccc3N3CCCC3)cc2)n1. The van der Waals surface area contributed by atoms with Gasteiger partial charge in [0.15, 0.2) is 5.82 Å². The smallest absolute Gasteiger partial charge is 0.257 e. The fraction of sp³-hybridized carbons (Fsp3) is 0.250. The van der Waals surface area contributed by atoms with Crippen molar-refractivity contribution in [3.63, 3.8) is 0 Å². The molecule has 0 radical (unpaired) electrons. The Hall–Kier alpha value is -3.15. The highest BCUT2D eigenvalue weighted by Crippen LogP contribution is 2.29. The molecular weight excluding hydrogens is 328 g/mol. The van der Waals surface area contributed by atoms with E-state index in [0.29, 0.717) is 17.3 Å². The first-order chi connectivity index (χ1) is 12.7. The van der Waals surface area contributed by atoms with Crippen LogP contribution in [0.4, 0.5) is 11.4 Å². The van der Waals surface area contributed by atoms with Crippen molar-refractivity contribution in [2.75, 3.05) is 23.3 Å². The van der Waals surface area contributed by atoms with Crippen LogP contribution in [0.15, 0.2) is 53.1 Å². The predicted molar refractivity (Wildman–Crippen MR) is 100 cm³/mol. The second-order valence-electron chi connectivity index (χ2n) is 6.39. The molecule has 2 aromatic carbocycles. The third-order valence-electron chi connectivity index (χ3n) is 4.52. The Kier molecular flexibility index (Phi) is 4.39. The minimum atomic E-state index is -0.134. The molecule has 6 heteroatoms. The number of benzene rings is 2. The monoisotopic (exact) mass is 348 g/mol. The summed E-state index contributed by atoms with van der Waals surface area (Å²) in [6.45, 7) is 3.84. The maximum Gasteiger partial charge on any atom is 0.257 e. The van der Waals surface area contributed by atoms with E-state index >= 15 is 0 Å². The standard InChI is InChI=1S/C20H20N4O2/c1-14-21-20(26-23-14)16-10-8-15(9-11-16)19(25)22-17-6-2-3-7-18(17)24-12-4-5-13-24/h2-3,6-11H,4-5,12-13H2,1H3,(H,22,25). The Labute approximate surface area is 151 Å². The summed E-state index contributed by atoms with van der Waals surface area (Å²) in [6, 6.07) is 15.1. The molecule has 26 heavy (non-hydrogen) atoms. The molecule has 6 nitrogen and oxygen atoms in total. The number of aromatic nitrogens is 2. The van der Waals surface area contributed by atoms with Gasteiger partial charge in [-0.25, -0.2) is 0 Å². The van der Waals surface area contributed by atoms with Gasteiger partial charge in [0, 0.05) is 24.2 Å². The van der Waals surface area contributed by atoms with Crippen LogP contribution in [0.2, 0.25) is 0 Å². The highest BCUT2D eigenvalue weighted by molar-refractivity contribution is 6.06. The highest BCUT2D eigenvalue weighted by Gasteiger charge is 2.17. The van der Waals surface area contributed by atoms with E-state index in [1.54, 1.807) is 19.1 Å². The number of anilines is 2. The van der Waals surface area contributed by atoms with E-state index in [2.05, 4.69) is 26.4 Å². The van der Waals surface area contributed by atoms with Crippen molar-refractivity contribution in [1.82, 2.24) is 10.1 Å². The fourth-order valence-corrected chi connectivity index (χ4v) is 3.19. The van der Waals surface area contributed by atoms with Crippen LogP contribution in [0.1, 0.15) is 29.0 Å². The maximum atomic E-state index is 12.7. The Balaban J connectivity index is 1.52. The Morgan fingerprint density at radius 1 is 1.08 bits per heavy atom. The molecule has 0 aliphatic carbocycles. The fourth-order valence-electron chi connectivity index (χ4n) is 3.19. The van der Waals surface area contributed by atoms with Gasteiger partial charge in [-0.15, -0.1) is 0 Å². The van der Waals surface area contributed by atoms with Gasteiger partial charge in [0.2, 0.25) is 0 Å². The summed E-state index contributed by atoms with van der Waals surface area (Å²) in [5.41, 5.74) is 3.30. The van der Waals surface area contributed by atoms with Gasteiger partial charge in [-0.2, -0.15) is 4.98 Å². The molecule has 3 aromatic rings. The minimum absolute atomic E-state index is 0.134. The van der Waals surface area contributed by atoms with Crippen LogP contribution in [-0.2, 0) is 0 Å². The first-order valence-corrected chi connectivity index (χ1v) is 8.77. The number of hydrogen-bond donors (Lipinski definition) is 1. The number of amides is 1. The summed E-state index contributed by atoms with van der Waals surface area (Å²) in [4.78, 5) is 19.2. The number of para-hydroxylation sites is 2. The second-order valence-corrected chi connectivity index (χ2v) is 6.39. The summed E-state index contributed by atoms with van der Waals surface area (Å²) in [7, 11) is 0. The normalized spacial score (nSPS) is 13.8. The van der Waals surface area contributed by atoms with E-state index in [1.807, 2.05) is 30.3 Å². The van der Waals surface area contributed by atoms with Crippen LogP contribution in [0.5, 0.6) is 0 Å². The minimum Gasteiger partial charge on any atom is -0.370 e. The van der Waals surface area contributed by atoms with E-state index < -0.39 is 0 Å². The topological polar surface area (TPSA) is 71.3 Å². The molecule has 1 aliphatic heterocycles. The van der Waals surface area contributed by atoms with Gasteiger partial charge < -0.3 is 14.7 Å².